The molecule has 0 bridgehead atoms. The highest BCUT2D eigenvalue weighted by Gasteiger charge is 2.10. The Labute approximate surface area is 91.5 Å². The lowest BCUT2D eigenvalue weighted by atomic mass is 9.87. The van der Waals surface area contributed by atoms with Crippen molar-refractivity contribution in [3.05, 3.63) is 0 Å². The molecule has 0 rings (SSSR count). The summed E-state index contributed by atoms with van der Waals surface area (Å²) in [4.78, 5) is 0. The van der Waals surface area contributed by atoms with E-state index in [4.69, 9.17) is 0 Å². The molecule has 0 fully saturated rings. The fourth-order valence-corrected chi connectivity index (χ4v) is 2.05. The number of rotatable bonds is 7. The van der Waals surface area contributed by atoms with Crippen molar-refractivity contribution in [2.24, 2.45) is 11.3 Å². The van der Waals surface area contributed by atoms with Crippen molar-refractivity contribution in [2.45, 2.75) is 79.6 Å². The van der Waals surface area contributed by atoms with Gasteiger partial charge in [0.2, 0.25) is 0 Å². The van der Waals surface area contributed by atoms with Crippen LogP contribution in [0.1, 0.15) is 79.6 Å². The van der Waals surface area contributed by atoms with E-state index >= 15 is 0 Å². The molecule has 0 aliphatic carbocycles. The van der Waals surface area contributed by atoms with Crippen LogP contribution >= 0.6 is 0 Å². The van der Waals surface area contributed by atoms with Crippen molar-refractivity contribution >= 4 is 0 Å². The average molecular weight is 198 g/mol. The lowest BCUT2D eigenvalue weighted by Gasteiger charge is -2.19. The van der Waals surface area contributed by atoms with Gasteiger partial charge in [-0.2, -0.15) is 0 Å². The maximum absolute atomic E-state index is 2.34. The van der Waals surface area contributed by atoms with E-state index in [0.717, 1.165) is 5.92 Å². The molecule has 1 unspecified atom stereocenters. The summed E-state index contributed by atoms with van der Waals surface area (Å²) < 4.78 is 0. The van der Waals surface area contributed by atoms with Crippen LogP contribution in [0.25, 0.3) is 0 Å². The van der Waals surface area contributed by atoms with Crippen molar-refractivity contribution in [1.82, 2.24) is 0 Å². The second-order valence-corrected chi connectivity index (χ2v) is 5.87. The zero-order valence-corrected chi connectivity index (χ0v) is 11.0. The van der Waals surface area contributed by atoms with E-state index in [1.807, 2.05) is 0 Å². The Kier molecular flexibility index (Phi) is 7.31. The van der Waals surface area contributed by atoms with Gasteiger partial charge < -0.3 is 0 Å². The summed E-state index contributed by atoms with van der Waals surface area (Å²) in [5, 5.41) is 0. The van der Waals surface area contributed by atoms with Gasteiger partial charge in [0.1, 0.15) is 0 Å². The Balaban J connectivity index is 3.42. The predicted molar refractivity (Wildman–Crippen MR) is 66.6 cm³/mol. The molecular weight excluding hydrogens is 168 g/mol. The first-order valence-corrected chi connectivity index (χ1v) is 6.49. The van der Waals surface area contributed by atoms with Gasteiger partial charge in [-0.05, 0) is 17.8 Å². The van der Waals surface area contributed by atoms with Crippen LogP contribution in [0.4, 0.5) is 0 Å². The van der Waals surface area contributed by atoms with E-state index in [-0.39, 0.29) is 0 Å². The molecule has 0 saturated carbocycles. The zero-order chi connectivity index (χ0) is 11.0. The molecule has 0 heterocycles. The standard InChI is InChI=1S/C14H30/c1-6-10-13(7-2)11-8-9-12-14(3,4)5/h13H,6-12H2,1-5H3. The molecular formula is C14H30. The normalized spacial score (nSPS) is 14.4. The molecule has 0 N–H and O–H groups in total. The quantitative estimate of drug-likeness (QED) is 0.479. The van der Waals surface area contributed by atoms with Crippen molar-refractivity contribution in [3.63, 3.8) is 0 Å². The van der Waals surface area contributed by atoms with Gasteiger partial charge >= 0.3 is 0 Å². The Hall–Kier alpha value is 0. The topological polar surface area (TPSA) is 0 Å². The fraction of sp³-hybridized carbons (Fsp3) is 1.00. The second-order valence-electron chi connectivity index (χ2n) is 5.87. The molecule has 0 saturated heterocycles. The van der Waals surface area contributed by atoms with Gasteiger partial charge in [0, 0.05) is 0 Å². The molecule has 0 aromatic rings. The summed E-state index contributed by atoms with van der Waals surface area (Å²) in [6.45, 7) is 11.7. The van der Waals surface area contributed by atoms with Crippen LogP contribution in [-0.2, 0) is 0 Å². The second kappa shape index (κ2) is 7.31. The van der Waals surface area contributed by atoms with Gasteiger partial charge in [-0.1, -0.05) is 73.1 Å². The smallest absolute Gasteiger partial charge is 0.0383 e. The summed E-state index contributed by atoms with van der Waals surface area (Å²) in [5.74, 6) is 1.000. The third kappa shape index (κ3) is 8.59. The first kappa shape index (κ1) is 14.0. The third-order valence-electron chi connectivity index (χ3n) is 3.06. The van der Waals surface area contributed by atoms with E-state index in [1.54, 1.807) is 0 Å². The lowest BCUT2D eigenvalue weighted by Crippen LogP contribution is -2.05. The van der Waals surface area contributed by atoms with E-state index in [0.29, 0.717) is 5.41 Å². The third-order valence-corrected chi connectivity index (χ3v) is 3.06. The molecule has 14 heavy (non-hydrogen) atoms. The monoisotopic (exact) mass is 198 g/mol. The van der Waals surface area contributed by atoms with Crippen LogP contribution in [0.15, 0.2) is 0 Å². The summed E-state index contributed by atoms with van der Waals surface area (Å²) in [6.07, 6.45) is 9.88. The summed E-state index contributed by atoms with van der Waals surface area (Å²) in [5.41, 5.74) is 0.534. The van der Waals surface area contributed by atoms with Crippen molar-refractivity contribution in [3.8, 4) is 0 Å². The van der Waals surface area contributed by atoms with Crippen molar-refractivity contribution in [1.29, 1.82) is 0 Å². The molecule has 0 radical (unpaired) electrons. The van der Waals surface area contributed by atoms with Crippen molar-refractivity contribution < 1.29 is 0 Å². The van der Waals surface area contributed by atoms with Crippen LogP contribution in [0.3, 0.4) is 0 Å². The predicted octanol–water partition coefficient (Wildman–Crippen LogP) is 5.42. The Morgan fingerprint density at radius 3 is 2.00 bits per heavy atom. The molecule has 0 aliphatic heterocycles. The molecule has 1 atom stereocenters. The highest BCUT2D eigenvalue weighted by molar-refractivity contribution is 4.63. The molecule has 0 spiro atoms. The zero-order valence-electron chi connectivity index (χ0n) is 11.0. The largest absolute Gasteiger partial charge is 0.0654 e. The number of hydrogen-bond donors (Lipinski definition) is 0. The van der Waals surface area contributed by atoms with Gasteiger partial charge in [-0.3, -0.25) is 0 Å². The SMILES string of the molecule is CCCC(CC)CCCCC(C)(C)C. The molecule has 0 heteroatoms. The van der Waals surface area contributed by atoms with Gasteiger partial charge in [0.15, 0.2) is 0 Å². The Morgan fingerprint density at radius 2 is 1.57 bits per heavy atom. The summed E-state index contributed by atoms with van der Waals surface area (Å²) >= 11 is 0. The minimum Gasteiger partial charge on any atom is -0.0654 e. The van der Waals surface area contributed by atoms with E-state index in [2.05, 4.69) is 34.6 Å². The first-order valence-electron chi connectivity index (χ1n) is 6.49. The van der Waals surface area contributed by atoms with Crippen LogP contribution in [0.2, 0.25) is 0 Å². The number of unbranched alkanes of at least 4 members (excludes halogenated alkanes) is 1. The minimum absolute atomic E-state index is 0.534. The molecule has 0 aliphatic rings. The Morgan fingerprint density at radius 1 is 0.929 bits per heavy atom. The van der Waals surface area contributed by atoms with Crippen LogP contribution < -0.4 is 0 Å². The van der Waals surface area contributed by atoms with Gasteiger partial charge in [0.05, 0.1) is 0 Å². The van der Waals surface area contributed by atoms with Gasteiger partial charge in [-0.15, -0.1) is 0 Å². The van der Waals surface area contributed by atoms with Crippen LogP contribution in [0, 0.1) is 11.3 Å². The highest BCUT2D eigenvalue weighted by atomic mass is 14.2. The van der Waals surface area contributed by atoms with E-state index < -0.39 is 0 Å². The van der Waals surface area contributed by atoms with Gasteiger partial charge in [0.25, 0.3) is 0 Å². The number of hydrogen-bond acceptors (Lipinski definition) is 0. The van der Waals surface area contributed by atoms with Crippen LogP contribution in [-0.4, -0.2) is 0 Å². The molecule has 86 valence electrons. The van der Waals surface area contributed by atoms with E-state index in [9.17, 15) is 0 Å². The van der Waals surface area contributed by atoms with Gasteiger partial charge in [-0.25, -0.2) is 0 Å². The molecule has 0 aromatic carbocycles. The lowest BCUT2D eigenvalue weighted by molar-refractivity contribution is 0.339. The summed E-state index contributed by atoms with van der Waals surface area (Å²) in [7, 11) is 0. The average Bonchev–Trinajstić information content (AvgIpc) is 2.08. The summed E-state index contributed by atoms with van der Waals surface area (Å²) in [6, 6.07) is 0. The van der Waals surface area contributed by atoms with E-state index in [1.165, 1.54) is 44.9 Å². The maximum Gasteiger partial charge on any atom is -0.0383 e. The molecule has 0 aromatic heterocycles. The van der Waals surface area contributed by atoms with Crippen molar-refractivity contribution in [2.75, 3.05) is 0 Å². The highest BCUT2D eigenvalue weighted by Crippen LogP contribution is 2.24. The molecule has 0 amide bonds. The first-order chi connectivity index (χ1) is 6.49. The Bertz CT molecular complexity index is 118. The fourth-order valence-electron chi connectivity index (χ4n) is 2.05. The minimum atomic E-state index is 0.534. The maximum atomic E-state index is 2.34. The molecule has 0 nitrogen and oxygen atoms in total. The van der Waals surface area contributed by atoms with Crippen LogP contribution in [0.5, 0.6) is 0 Å².